The predicted octanol–water partition coefficient (Wildman–Crippen LogP) is 2.02. The predicted molar refractivity (Wildman–Crippen MR) is 75.0 cm³/mol. The SMILES string of the molecule is N#Cc1cccc(N2CCC(N3CCCCC3)C2)n1. The van der Waals surface area contributed by atoms with Crippen LogP contribution in [0.4, 0.5) is 5.82 Å². The molecule has 1 unspecified atom stereocenters. The first-order valence-corrected chi connectivity index (χ1v) is 7.23. The summed E-state index contributed by atoms with van der Waals surface area (Å²) in [4.78, 5) is 9.36. The van der Waals surface area contributed by atoms with Gasteiger partial charge in [0, 0.05) is 19.1 Å². The van der Waals surface area contributed by atoms with Crippen LogP contribution in [0, 0.1) is 11.3 Å². The number of hydrogen-bond donors (Lipinski definition) is 0. The zero-order valence-electron chi connectivity index (χ0n) is 11.3. The van der Waals surface area contributed by atoms with Crippen LogP contribution in [0.1, 0.15) is 31.4 Å². The van der Waals surface area contributed by atoms with Gasteiger partial charge in [0.1, 0.15) is 17.6 Å². The molecule has 0 bridgehead atoms. The van der Waals surface area contributed by atoms with Crippen molar-refractivity contribution in [1.82, 2.24) is 9.88 Å². The lowest BCUT2D eigenvalue weighted by atomic mass is 10.1. The number of rotatable bonds is 2. The summed E-state index contributed by atoms with van der Waals surface area (Å²) in [5.41, 5.74) is 0.513. The van der Waals surface area contributed by atoms with E-state index in [1.54, 1.807) is 6.07 Å². The summed E-state index contributed by atoms with van der Waals surface area (Å²) in [6.45, 7) is 4.62. The van der Waals surface area contributed by atoms with Crippen LogP contribution in [0.15, 0.2) is 18.2 Å². The van der Waals surface area contributed by atoms with Gasteiger partial charge < -0.3 is 4.90 Å². The molecule has 0 saturated carbocycles. The van der Waals surface area contributed by atoms with Gasteiger partial charge in [-0.3, -0.25) is 4.90 Å². The van der Waals surface area contributed by atoms with Crippen LogP contribution < -0.4 is 4.90 Å². The Balaban J connectivity index is 1.66. The molecule has 4 nitrogen and oxygen atoms in total. The molecule has 100 valence electrons. The minimum atomic E-state index is 0.513. The highest BCUT2D eigenvalue weighted by Crippen LogP contribution is 2.23. The highest BCUT2D eigenvalue weighted by molar-refractivity contribution is 5.42. The largest absolute Gasteiger partial charge is 0.355 e. The molecule has 0 aromatic carbocycles. The molecular weight excluding hydrogens is 236 g/mol. The van der Waals surface area contributed by atoms with Crippen molar-refractivity contribution in [2.75, 3.05) is 31.1 Å². The molecule has 1 aromatic rings. The van der Waals surface area contributed by atoms with Crippen molar-refractivity contribution in [2.24, 2.45) is 0 Å². The van der Waals surface area contributed by atoms with Crippen molar-refractivity contribution in [3.8, 4) is 6.07 Å². The van der Waals surface area contributed by atoms with Crippen LogP contribution in [0.5, 0.6) is 0 Å². The molecule has 2 aliphatic heterocycles. The standard InChI is InChI=1S/C15H20N4/c16-11-13-5-4-6-15(17-13)19-10-7-14(12-19)18-8-2-1-3-9-18/h4-6,14H,1-3,7-10,12H2. The Morgan fingerprint density at radius 3 is 2.79 bits per heavy atom. The molecule has 0 N–H and O–H groups in total. The van der Waals surface area contributed by atoms with Crippen LogP contribution in [-0.4, -0.2) is 42.1 Å². The summed E-state index contributed by atoms with van der Waals surface area (Å²) in [6.07, 6.45) is 5.30. The minimum absolute atomic E-state index is 0.513. The molecule has 3 rings (SSSR count). The molecular formula is C15H20N4. The van der Waals surface area contributed by atoms with Crippen molar-refractivity contribution >= 4 is 5.82 Å². The molecule has 0 aliphatic carbocycles. The maximum atomic E-state index is 8.92. The third-order valence-electron chi connectivity index (χ3n) is 4.24. The smallest absolute Gasteiger partial charge is 0.142 e. The monoisotopic (exact) mass is 256 g/mol. The molecule has 1 aromatic heterocycles. The summed E-state index contributed by atoms with van der Waals surface area (Å²) in [5.74, 6) is 0.957. The maximum Gasteiger partial charge on any atom is 0.142 e. The lowest BCUT2D eigenvalue weighted by Crippen LogP contribution is -2.40. The first-order chi connectivity index (χ1) is 9.36. The summed E-state index contributed by atoms with van der Waals surface area (Å²) >= 11 is 0. The van der Waals surface area contributed by atoms with E-state index in [0.717, 1.165) is 18.9 Å². The fourth-order valence-electron chi connectivity index (χ4n) is 3.19. The lowest BCUT2D eigenvalue weighted by molar-refractivity contribution is 0.175. The quantitative estimate of drug-likeness (QED) is 0.812. The van der Waals surface area contributed by atoms with E-state index in [0.29, 0.717) is 11.7 Å². The summed E-state index contributed by atoms with van der Waals surface area (Å²) in [7, 11) is 0. The number of likely N-dealkylation sites (tertiary alicyclic amines) is 1. The van der Waals surface area contributed by atoms with Crippen LogP contribution >= 0.6 is 0 Å². The van der Waals surface area contributed by atoms with Crippen LogP contribution in [-0.2, 0) is 0 Å². The van der Waals surface area contributed by atoms with E-state index in [-0.39, 0.29) is 0 Å². The van der Waals surface area contributed by atoms with Crippen LogP contribution in [0.3, 0.4) is 0 Å². The number of piperidine rings is 1. The number of hydrogen-bond acceptors (Lipinski definition) is 4. The van der Waals surface area contributed by atoms with E-state index in [2.05, 4.69) is 20.9 Å². The Hall–Kier alpha value is -1.60. The second-order valence-electron chi connectivity index (χ2n) is 5.48. The van der Waals surface area contributed by atoms with E-state index < -0.39 is 0 Å². The highest BCUT2D eigenvalue weighted by Gasteiger charge is 2.29. The molecule has 0 spiro atoms. The summed E-state index contributed by atoms with van der Waals surface area (Å²) < 4.78 is 0. The Morgan fingerprint density at radius 2 is 2.00 bits per heavy atom. The van der Waals surface area contributed by atoms with Crippen molar-refractivity contribution in [3.05, 3.63) is 23.9 Å². The maximum absolute atomic E-state index is 8.92. The number of aromatic nitrogens is 1. The Bertz CT molecular complexity index is 473. The van der Waals surface area contributed by atoms with Gasteiger partial charge in [-0.05, 0) is 44.5 Å². The van der Waals surface area contributed by atoms with Gasteiger partial charge in [0.15, 0.2) is 0 Å². The molecule has 0 radical (unpaired) electrons. The number of anilines is 1. The van der Waals surface area contributed by atoms with E-state index >= 15 is 0 Å². The molecule has 2 fully saturated rings. The Morgan fingerprint density at radius 1 is 1.16 bits per heavy atom. The number of nitriles is 1. The van der Waals surface area contributed by atoms with Gasteiger partial charge in [-0.1, -0.05) is 12.5 Å². The average molecular weight is 256 g/mol. The third-order valence-corrected chi connectivity index (χ3v) is 4.24. The highest BCUT2D eigenvalue weighted by atomic mass is 15.3. The minimum Gasteiger partial charge on any atom is -0.355 e. The molecule has 19 heavy (non-hydrogen) atoms. The Labute approximate surface area is 114 Å². The van der Waals surface area contributed by atoms with E-state index in [4.69, 9.17) is 5.26 Å². The molecule has 3 heterocycles. The van der Waals surface area contributed by atoms with Gasteiger partial charge >= 0.3 is 0 Å². The Kier molecular flexibility index (Phi) is 3.65. The third kappa shape index (κ3) is 2.71. The molecule has 2 saturated heterocycles. The second-order valence-corrected chi connectivity index (χ2v) is 5.48. The van der Waals surface area contributed by atoms with Gasteiger partial charge in [0.2, 0.25) is 0 Å². The zero-order chi connectivity index (χ0) is 13.1. The average Bonchev–Trinajstić information content (AvgIpc) is 2.98. The van der Waals surface area contributed by atoms with Crippen molar-refractivity contribution < 1.29 is 0 Å². The van der Waals surface area contributed by atoms with Gasteiger partial charge in [-0.25, -0.2) is 4.98 Å². The van der Waals surface area contributed by atoms with E-state index in [9.17, 15) is 0 Å². The van der Waals surface area contributed by atoms with Gasteiger partial charge in [0.05, 0.1) is 0 Å². The molecule has 2 aliphatic rings. The van der Waals surface area contributed by atoms with Gasteiger partial charge in [-0.2, -0.15) is 5.26 Å². The van der Waals surface area contributed by atoms with Gasteiger partial charge in [0.25, 0.3) is 0 Å². The van der Waals surface area contributed by atoms with E-state index in [1.807, 2.05) is 12.1 Å². The second kappa shape index (κ2) is 5.58. The lowest BCUT2D eigenvalue weighted by Gasteiger charge is -2.32. The van der Waals surface area contributed by atoms with Crippen molar-refractivity contribution in [2.45, 2.75) is 31.7 Å². The first-order valence-electron chi connectivity index (χ1n) is 7.23. The summed E-state index contributed by atoms with van der Waals surface area (Å²) in [5, 5.41) is 8.92. The van der Waals surface area contributed by atoms with Gasteiger partial charge in [-0.15, -0.1) is 0 Å². The molecule has 4 heteroatoms. The topological polar surface area (TPSA) is 43.2 Å². The van der Waals surface area contributed by atoms with Crippen LogP contribution in [0.25, 0.3) is 0 Å². The first kappa shape index (κ1) is 12.4. The fraction of sp³-hybridized carbons (Fsp3) is 0.600. The molecule has 1 atom stereocenters. The molecule has 0 amide bonds. The zero-order valence-corrected chi connectivity index (χ0v) is 11.3. The van der Waals surface area contributed by atoms with Crippen LogP contribution in [0.2, 0.25) is 0 Å². The summed E-state index contributed by atoms with van der Waals surface area (Å²) in [6, 6.07) is 8.50. The fourth-order valence-corrected chi connectivity index (χ4v) is 3.19. The number of nitrogens with zero attached hydrogens (tertiary/aromatic N) is 4. The van der Waals surface area contributed by atoms with E-state index in [1.165, 1.54) is 38.8 Å². The van der Waals surface area contributed by atoms with Crippen molar-refractivity contribution in [3.63, 3.8) is 0 Å². The normalized spacial score (nSPS) is 24.4. The van der Waals surface area contributed by atoms with Crippen molar-refractivity contribution in [1.29, 1.82) is 5.26 Å². The number of pyridine rings is 1.